The first-order valence-corrected chi connectivity index (χ1v) is 13.4. The van der Waals surface area contributed by atoms with Gasteiger partial charge >= 0.3 is 6.18 Å². The van der Waals surface area contributed by atoms with Crippen LogP contribution in [0.2, 0.25) is 0 Å². The van der Waals surface area contributed by atoms with Crippen molar-refractivity contribution in [1.82, 2.24) is 0 Å². The number of fused-ring (bicyclic) bond motifs is 1. The van der Waals surface area contributed by atoms with Crippen molar-refractivity contribution in [1.29, 1.82) is 0 Å². The lowest BCUT2D eigenvalue weighted by molar-refractivity contribution is -0.435. The van der Waals surface area contributed by atoms with E-state index in [0.29, 0.717) is 25.0 Å². The SMILES string of the molecule is CCC(=O)CCCCCC(C(=O)Nc1ccccc1)C1=NC=C(c2ccc3ccccc3c2)[NH2+]1.O=C([O-])C(F)(F)F. The van der Waals surface area contributed by atoms with Crippen molar-refractivity contribution in [2.24, 2.45) is 10.9 Å². The smallest absolute Gasteiger partial charge is 0.430 e. The van der Waals surface area contributed by atoms with Gasteiger partial charge in [0.05, 0.1) is 6.20 Å². The first-order valence-electron chi connectivity index (χ1n) is 13.4. The van der Waals surface area contributed by atoms with Crippen LogP contribution in [0.25, 0.3) is 16.5 Å². The molecule has 0 radical (unpaired) electrons. The van der Waals surface area contributed by atoms with E-state index in [9.17, 15) is 22.8 Å². The Morgan fingerprint density at radius 1 is 0.927 bits per heavy atom. The Labute approximate surface area is 236 Å². The molecule has 1 aliphatic rings. The molecule has 0 fully saturated rings. The average Bonchev–Trinajstić information content (AvgIpc) is 3.44. The maximum atomic E-state index is 13.2. The molecule has 7 nitrogen and oxygen atoms in total. The molecule has 1 heterocycles. The molecule has 0 spiro atoms. The van der Waals surface area contributed by atoms with E-state index in [2.05, 4.69) is 40.6 Å². The van der Waals surface area contributed by atoms with Crippen LogP contribution in [-0.2, 0) is 14.4 Å². The summed E-state index contributed by atoms with van der Waals surface area (Å²) in [7, 11) is 0. The van der Waals surface area contributed by atoms with Crippen molar-refractivity contribution >= 4 is 45.7 Å². The van der Waals surface area contributed by atoms with E-state index < -0.39 is 12.1 Å². The number of aliphatic imine (C=N–C) groups is 1. The predicted molar refractivity (Wildman–Crippen MR) is 149 cm³/mol. The Kier molecular flexibility index (Phi) is 11.3. The second-order valence-corrected chi connectivity index (χ2v) is 9.53. The number of quaternary nitrogens is 1. The number of amides is 1. The number of carbonyl (C=O) groups excluding carboxylic acids is 3. The van der Waals surface area contributed by atoms with Crippen LogP contribution >= 0.6 is 0 Å². The number of hydrogen-bond donors (Lipinski definition) is 2. The van der Waals surface area contributed by atoms with Crippen molar-refractivity contribution in [3.63, 3.8) is 0 Å². The number of unbranched alkanes of at least 4 members (excludes halogenated alkanes) is 2. The summed E-state index contributed by atoms with van der Waals surface area (Å²) in [5.74, 6) is -2.29. The number of Topliss-reactive ketones (excluding diaryl/α,β-unsaturated/α-hetero) is 1. The van der Waals surface area contributed by atoms with Gasteiger partial charge in [-0.15, -0.1) is 0 Å². The summed E-state index contributed by atoms with van der Waals surface area (Å²) < 4.78 is 31.5. The van der Waals surface area contributed by atoms with Crippen LogP contribution in [0.5, 0.6) is 0 Å². The van der Waals surface area contributed by atoms with Gasteiger partial charge in [-0.1, -0.05) is 68.3 Å². The number of para-hydroxylation sites is 1. The molecule has 0 saturated carbocycles. The second kappa shape index (κ2) is 14.9. The van der Waals surface area contributed by atoms with Gasteiger partial charge in [-0.25, -0.2) is 4.99 Å². The van der Waals surface area contributed by atoms with Crippen LogP contribution in [0.3, 0.4) is 0 Å². The lowest BCUT2D eigenvalue weighted by atomic mass is 9.97. The third-order valence-electron chi connectivity index (χ3n) is 6.53. The zero-order chi connectivity index (χ0) is 29.8. The number of rotatable bonds is 11. The molecule has 4 rings (SSSR count). The van der Waals surface area contributed by atoms with Crippen molar-refractivity contribution in [3.05, 3.63) is 84.6 Å². The van der Waals surface area contributed by atoms with Gasteiger partial charge in [-0.05, 0) is 47.9 Å². The summed E-state index contributed by atoms with van der Waals surface area (Å²) in [4.78, 5) is 38.3. The topological polar surface area (TPSA) is 115 Å². The van der Waals surface area contributed by atoms with Gasteiger partial charge in [0.15, 0.2) is 5.70 Å². The van der Waals surface area contributed by atoms with E-state index in [1.165, 1.54) is 10.8 Å². The number of benzene rings is 3. The third-order valence-corrected chi connectivity index (χ3v) is 6.53. The molecule has 0 bridgehead atoms. The molecule has 3 N–H and O–H groups in total. The van der Waals surface area contributed by atoms with Gasteiger partial charge in [-0.3, -0.25) is 14.9 Å². The molecule has 41 heavy (non-hydrogen) atoms. The Bertz CT molecular complexity index is 1420. The lowest BCUT2D eigenvalue weighted by Gasteiger charge is -2.15. The maximum Gasteiger partial charge on any atom is 0.430 e. The number of nitrogens with zero attached hydrogens (tertiary/aromatic N) is 1. The highest BCUT2D eigenvalue weighted by Gasteiger charge is 2.32. The van der Waals surface area contributed by atoms with E-state index in [4.69, 9.17) is 9.90 Å². The van der Waals surface area contributed by atoms with E-state index in [-0.39, 0.29) is 11.8 Å². The zero-order valence-corrected chi connectivity index (χ0v) is 22.6. The number of aliphatic carboxylic acids is 1. The van der Waals surface area contributed by atoms with Crippen LogP contribution in [0.1, 0.15) is 51.0 Å². The van der Waals surface area contributed by atoms with Crippen LogP contribution < -0.4 is 15.7 Å². The largest absolute Gasteiger partial charge is 0.542 e. The van der Waals surface area contributed by atoms with Crippen LogP contribution in [0.15, 0.2) is 84.0 Å². The highest BCUT2D eigenvalue weighted by Crippen LogP contribution is 2.22. The Hall–Kier alpha value is -4.31. The number of anilines is 1. The molecule has 3 aromatic rings. The number of halogens is 3. The van der Waals surface area contributed by atoms with Gasteiger partial charge in [0.1, 0.15) is 17.7 Å². The Morgan fingerprint density at radius 3 is 2.24 bits per heavy atom. The Morgan fingerprint density at radius 2 is 1.59 bits per heavy atom. The molecule has 0 aliphatic carbocycles. The van der Waals surface area contributed by atoms with Crippen LogP contribution in [0.4, 0.5) is 18.9 Å². The zero-order valence-electron chi connectivity index (χ0n) is 22.6. The lowest BCUT2D eigenvalue weighted by Crippen LogP contribution is -2.85. The highest BCUT2D eigenvalue weighted by atomic mass is 19.4. The first kappa shape index (κ1) is 31.2. The molecule has 3 aromatic carbocycles. The molecule has 0 aromatic heterocycles. The Balaban J connectivity index is 0.000000587. The molecule has 0 saturated heterocycles. The van der Waals surface area contributed by atoms with Crippen molar-refractivity contribution in [2.45, 2.75) is 51.6 Å². The van der Waals surface area contributed by atoms with Gasteiger partial charge in [0, 0.05) is 24.1 Å². The van der Waals surface area contributed by atoms with Crippen molar-refractivity contribution in [2.75, 3.05) is 5.32 Å². The van der Waals surface area contributed by atoms with Gasteiger partial charge < -0.3 is 15.2 Å². The minimum absolute atomic E-state index is 0.0426. The van der Waals surface area contributed by atoms with Crippen LogP contribution in [0, 0.1) is 5.92 Å². The fourth-order valence-electron chi connectivity index (χ4n) is 4.28. The number of carboxylic acid groups (broad SMARTS) is 1. The minimum Gasteiger partial charge on any atom is -0.542 e. The molecule has 1 unspecified atom stereocenters. The average molecular weight is 568 g/mol. The highest BCUT2D eigenvalue weighted by molar-refractivity contribution is 6.07. The van der Waals surface area contributed by atoms with Gasteiger partial charge in [0.25, 0.3) is 0 Å². The maximum absolute atomic E-state index is 13.2. The van der Waals surface area contributed by atoms with E-state index in [1.54, 1.807) is 0 Å². The summed E-state index contributed by atoms with van der Waals surface area (Å²) in [5, 5.41) is 16.3. The van der Waals surface area contributed by atoms with E-state index in [1.807, 2.05) is 60.9 Å². The summed E-state index contributed by atoms with van der Waals surface area (Å²) >= 11 is 0. The third kappa shape index (κ3) is 9.68. The van der Waals surface area contributed by atoms with Gasteiger partial charge in [0.2, 0.25) is 11.7 Å². The number of carboxylic acids is 1. The fraction of sp³-hybridized carbons (Fsp3) is 0.290. The summed E-state index contributed by atoms with van der Waals surface area (Å²) in [6, 6.07) is 24.2. The quantitative estimate of drug-likeness (QED) is 0.330. The number of nitrogens with one attached hydrogen (secondary N) is 1. The number of nitrogens with two attached hydrogens (primary N) is 1. The second-order valence-electron chi connectivity index (χ2n) is 9.53. The predicted octanol–water partition coefficient (Wildman–Crippen LogP) is 4.60. The number of amidine groups is 1. The standard InChI is InChI=1S/C29H31N3O2.C2HF3O2/c1-2-25(33)15-7-4-8-16-26(29(34)31-24-13-5-3-6-14-24)28-30-20-27(32-28)23-18-17-21-11-9-10-12-22(21)19-23;3-2(4,5)1(6)7/h3,5-6,9-14,17-20,26H,2,4,7-8,15-16H2,1H3,(H,30,32)(H,31,34);(H,6,7). The number of alkyl halides is 3. The first-order chi connectivity index (χ1) is 19.6. The normalized spacial score (nSPS) is 13.5. The molecule has 216 valence electrons. The van der Waals surface area contributed by atoms with Gasteiger partial charge in [-0.2, -0.15) is 13.2 Å². The number of carbonyl (C=O) groups is 3. The van der Waals surface area contributed by atoms with Crippen LogP contribution in [-0.4, -0.2) is 29.7 Å². The summed E-state index contributed by atoms with van der Waals surface area (Å²) in [5.41, 5.74) is 2.90. The van der Waals surface area contributed by atoms with E-state index >= 15 is 0 Å². The fourth-order valence-corrected chi connectivity index (χ4v) is 4.28. The summed E-state index contributed by atoms with van der Waals surface area (Å²) in [6.07, 6.45) is 1.27. The molecule has 1 amide bonds. The van der Waals surface area contributed by atoms with Crippen molar-refractivity contribution < 1.29 is 38.0 Å². The molecule has 10 heteroatoms. The van der Waals surface area contributed by atoms with Crippen molar-refractivity contribution in [3.8, 4) is 0 Å². The summed E-state index contributed by atoms with van der Waals surface area (Å²) in [6.45, 7) is 1.90. The molecular weight excluding hydrogens is 535 g/mol. The number of hydrogen-bond acceptors (Lipinski definition) is 5. The molecule has 1 atom stereocenters. The molecular formula is C31H32F3N3O4. The number of ketones is 1. The monoisotopic (exact) mass is 567 g/mol. The molecule has 1 aliphatic heterocycles. The van der Waals surface area contributed by atoms with E-state index in [0.717, 1.165) is 42.0 Å². The minimum atomic E-state index is -5.19.